The lowest BCUT2D eigenvalue weighted by molar-refractivity contribution is -0.138. The Morgan fingerprint density at radius 1 is 0.947 bits per heavy atom. The van der Waals surface area contributed by atoms with Crippen LogP contribution in [-0.4, -0.2) is 78.4 Å². The number of nitrogens with zero attached hydrogens (tertiary/aromatic N) is 4. The van der Waals surface area contributed by atoms with Crippen molar-refractivity contribution in [2.45, 2.75) is 12.0 Å². The fourth-order valence-corrected chi connectivity index (χ4v) is 6.72. The number of amides is 2. The molecule has 3 heterocycles. The maximum atomic E-state index is 13.5. The zero-order valence-electron chi connectivity index (χ0n) is 21.6. The number of hydrogen-bond acceptors (Lipinski definition) is 6. The number of hydrogen-bond donors (Lipinski definition) is 0. The third-order valence-electron chi connectivity index (χ3n) is 7.82. The Morgan fingerprint density at radius 3 is 2.45 bits per heavy atom. The molecule has 3 aromatic carbocycles. The van der Waals surface area contributed by atoms with Crippen molar-refractivity contribution in [1.82, 2.24) is 19.7 Å². The van der Waals surface area contributed by atoms with Gasteiger partial charge in [0.05, 0.1) is 17.3 Å². The Morgan fingerprint density at radius 2 is 1.74 bits per heavy atom. The summed E-state index contributed by atoms with van der Waals surface area (Å²) in [6, 6.07) is 23.7. The van der Waals surface area contributed by atoms with Gasteiger partial charge in [-0.3, -0.25) is 14.5 Å². The van der Waals surface area contributed by atoms with Crippen LogP contribution in [0.2, 0.25) is 0 Å². The smallest absolute Gasteiger partial charge is 0.253 e. The van der Waals surface area contributed by atoms with Crippen LogP contribution in [-0.2, 0) is 10.3 Å². The third kappa shape index (κ3) is 4.14. The zero-order valence-corrected chi connectivity index (χ0v) is 22.4. The Balaban J connectivity index is 1.20. The topological polar surface area (TPSA) is 66.0 Å². The quantitative estimate of drug-likeness (QED) is 0.384. The number of likely N-dealkylation sites (N-methyl/N-ethyl adjacent to an activating group) is 1. The van der Waals surface area contributed by atoms with Crippen molar-refractivity contribution in [3.8, 4) is 16.3 Å². The van der Waals surface area contributed by atoms with E-state index in [2.05, 4.69) is 17.0 Å². The minimum atomic E-state index is -0.652. The van der Waals surface area contributed by atoms with Gasteiger partial charge < -0.3 is 14.5 Å². The van der Waals surface area contributed by atoms with Crippen molar-refractivity contribution >= 4 is 33.4 Å². The van der Waals surface area contributed by atoms with Gasteiger partial charge in [0, 0.05) is 50.9 Å². The van der Waals surface area contributed by atoms with Gasteiger partial charge >= 0.3 is 0 Å². The summed E-state index contributed by atoms with van der Waals surface area (Å²) in [6.45, 7) is 3.20. The molecule has 0 bridgehead atoms. The van der Waals surface area contributed by atoms with Crippen molar-refractivity contribution < 1.29 is 14.3 Å². The second-order valence-electron chi connectivity index (χ2n) is 9.92. The molecule has 2 amide bonds. The van der Waals surface area contributed by atoms with Crippen molar-refractivity contribution in [1.29, 1.82) is 0 Å². The van der Waals surface area contributed by atoms with Crippen LogP contribution in [0.3, 0.4) is 0 Å². The van der Waals surface area contributed by atoms with E-state index in [1.807, 2.05) is 77.5 Å². The van der Waals surface area contributed by atoms with Gasteiger partial charge in [-0.25, -0.2) is 4.98 Å². The molecule has 2 aliphatic rings. The molecule has 194 valence electrons. The summed E-state index contributed by atoms with van der Waals surface area (Å²) in [7, 11) is 3.53. The molecule has 0 aliphatic carbocycles. The summed E-state index contributed by atoms with van der Waals surface area (Å²) in [5.74, 6) is 0.957. The van der Waals surface area contributed by atoms with Crippen molar-refractivity contribution in [2.75, 3.05) is 46.9 Å². The molecule has 1 atom stereocenters. The Hall–Kier alpha value is -3.75. The highest BCUT2D eigenvalue weighted by atomic mass is 32.1. The van der Waals surface area contributed by atoms with Crippen LogP contribution < -0.4 is 4.74 Å². The van der Waals surface area contributed by atoms with E-state index >= 15 is 0 Å². The van der Waals surface area contributed by atoms with Crippen LogP contribution in [0.1, 0.15) is 22.3 Å². The molecule has 2 fully saturated rings. The number of piperazine rings is 1. The van der Waals surface area contributed by atoms with E-state index in [1.165, 1.54) is 0 Å². The minimum Gasteiger partial charge on any atom is -0.497 e. The first-order chi connectivity index (χ1) is 18.5. The van der Waals surface area contributed by atoms with Gasteiger partial charge in [-0.2, -0.15) is 0 Å². The summed E-state index contributed by atoms with van der Waals surface area (Å²) >= 11 is 1.59. The first-order valence-electron chi connectivity index (χ1n) is 12.9. The average molecular weight is 527 g/mol. The lowest BCUT2D eigenvalue weighted by Crippen LogP contribution is -2.59. The maximum Gasteiger partial charge on any atom is 0.253 e. The van der Waals surface area contributed by atoms with Crippen LogP contribution >= 0.6 is 11.3 Å². The molecule has 2 aliphatic heterocycles. The molecular weight excluding hydrogens is 496 g/mol. The Kier molecular flexibility index (Phi) is 6.37. The van der Waals surface area contributed by atoms with Gasteiger partial charge in [0.1, 0.15) is 16.3 Å². The molecule has 0 N–H and O–H groups in total. The minimum absolute atomic E-state index is 0.0120. The molecule has 0 spiro atoms. The van der Waals surface area contributed by atoms with Gasteiger partial charge in [-0.15, -0.1) is 11.3 Å². The first-order valence-corrected chi connectivity index (χ1v) is 13.7. The molecule has 4 aromatic rings. The van der Waals surface area contributed by atoms with Crippen molar-refractivity contribution in [3.05, 3.63) is 83.9 Å². The molecule has 8 heteroatoms. The molecule has 0 radical (unpaired) electrons. The second kappa shape index (κ2) is 9.85. The van der Waals surface area contributed by atoms with Crippen LogP contribution in [0.25, 0.3) is 20.8 Å². The van der Waals surface area contributed by atoms with E-state index in [1.54, 1.807) is 18.4 Å². The molecular formula is C30H30N4O3S. The molecule has 6 rings (SSSR count). The predicted molar refractivity (Wildman–Crippen MR) is 149 cm³/mol. The number of carbonyl (C=O) groups excluding carboxylic acids is 2. The van der Waals surface area contributed by atoms with Gasteiger partial charge in [0.2, 0.25) is 5.91 Å². The van der Waals surface area contributed by atoms with Gasteiger partial charge in [-0.05, 0) is 42.3 Å². The van der Waals surface area contributed by atoms with E-state index in [-0.39, 0.29) is 11.8 Å². The lowest BCUT2D eigenvalue weighted by atomic mass is 9.85. The summed E-state index contributed by atoms with van der Waals surface area (Å²) < 4.78 is 6.39. The summed E-state index contributed by atoms with van der Waals surface area (Å²) in [6.07, 6.45) is 0.760. The molecule has 0 saturated carbocycles. The number of methoxy groups -OCH3 is 1. The number of carbonyl (C=O) groups is 2. The number of aromatic nitrogens is 1. The van der Waals surface area contributed by atoms with E-state index in [0.29, 0.717) is 31.7 Å². The van der Waals surface area contributed by atoms with Gasteiger partial charge in [0.25, 0.3) is 5.91 Å². The van der Waals surface area contributed by atoms with Crippen molar-refractivity contribution in [2.24, 2.45) is 0 Å². The highest BCUT2D eigenvalue weighted by Gasteiger charge is 2.51. The number of likely N-dealkylation sites (tertiary alicyclic amines) is 1. The second-order valence-corrected chi connectivity index (χ2v) is 10.9. The van der Waals surface area contributed by atoms with E-state index in [4.69, 9.17) is 9.72 Å². The maximum absolute atomic E-state index is 13.5. The molecule has 7 nitrogen and oxygen atoms in total. The molecule has 1 unspecified atom stereocenters. The highest BCUT2D eigenvalue weighted by molar-refractivity contribution is 7.21. The number of benzene rings is 3. The van der Waals surface area contributed by atoms with Gasteiger partial charge in [0.15, 0.2) is 0 Å². The SMILES string of the molecule is COc1ccc2nc(-c3cccc(C(=O)N4CCN(C5(c6ccccc6)CCN(C)C5=O)CC4)c3)sc2c1. The predicted octanol–water partition coefficient (Wildman–Crippen LogP) is 4.49. The van der Waals surface area contributed by atoms with Crippen LogP contribution in [0, 0.1) is 0 Å². The average Bonchev–Trinajstić information content (AvgIpc) is 3.54. The summed E-state index contributed by atoms with van der Waals surface area (Å²) in [5, 5.41) is 0.876. The summed E-state index contributed by atoms with van der Waals surface area (Å²) in [5.41, 5.74) is 2.88. The molecule has 38 heavy (non-hydrogen) atoms. The normalized spacial score (nSPS) is 20.3. The van der Waals surface area contributed by atoms with Crippen LogP contribution in [0.4, 0.5) is 0 Å². The van der Waals surface area contributed by atoms with E-state index < -0.39 is 5.54 Å². The monoisotopic (exact) mass is 526 g/mol. The fourth-order valence-electron chi connectivity index (χ4n) is 5.73. The van der Waals surface area contributed by atoms with E-state index in [0.717, 1.165) is 45.1 Å². The number of thiazole rings is 1. The Bertz CT molecular complexity index is 1500. The Labute approximate surface area is 226 Å². The molecule has 1 aromatic heterocycles. The lowest BCUT2D eigenvalue weighted by Gasteiger charge is -2.44. The largest absolute Gasteiger partial charge is 0.497 e. The van der Waals surface area contributed by atoms with Crippen LogP contribution in [0.5, 0.6) is 5.75 Å². The van der Waals surface area contributed by atoms with E-state index in [9.17, 15) is 9.59 Å². The highest BCUT2D eigenvalue weighted by Crippen LogP contribution is 2.39. The number of rotatable bonds is 5. The third-order valence-corrected chi connectivity index (χ3v) is 8.89. The molecule has 2 saturated heterocycles. The summed E-state index contributed by atoms with van der Waals surface area (Å²) in [4.78, 5) is 37.7. The first kappa shape index (κ1) is 24.6. The zero-order chi connectivity index (χ0) is 26.3. The van der Waals surface area contributed by atoms with Gasteiger partial charge in [-0.1, -0.05) is 42.5 Å². The fraction of sp³-hybridized carbons (Fsp3) is 0.300. The number of fused-ring (bicyclic) bond motifs is 1. The van der Waals surface area contributed by atoms with Crippen molar-refractivity contribution in [3.63, 3.8) is 0 Å². The number of ether oxygens (including phenoxy) is 1. The van der Waals surface area contributed by atoms with Crippen LogP contribution in [0.15, 0.2) is 72.8 Å². The standard InChI is InChI=1S/C30H30N4O3S/c1-32-14-13-30(29(32)36,23-9-4-3-5-10-23)34-17-15-33(16-18-34)28(35)22-8-6-7-21(19-22)27-31-25-12-11-24(37-2)20-26(25)38-27/h3-12,19-20H,13-18H2,1-2H3.